The number of carbonyl (C=O) groups excluding carboxylic acids is 2. The van der Waals surface area contributed by atoms with Gasteiger partial charge in [-0.15, -0.1) is 11.3 Å². The first-order valence-electron chi connectivity index (χ1n) is 7.32. The van der Waals surface area contributed by atoms with Crippen molar-refractivity contribution in [2.75, 3.05) is 27.2 Å². The van der Waals surface area contributed by atoms with Crippen molar-refractivity contribution in [1.82, 2.24) is 14.7 Å². The first kappa shape index (κ1) is 14.5. The van der Waals surface area contributed by atoms with E-state index in [4.69, 9.17) is 0 Å². The van der Waals surface area contributed by atoms with Crippen LogP contribution in [0.15, 0.2) is 17.5 Å². The summed E-state index contributed by atoms with van der Waals surface area (Å²) >= 11 is 1.76. The quantitative estimate of drug-likeness (QED) is 0.834. The summed E-state index contributed by atoms with van der Waals surface area (Å²) in [5.74, 6) is 0.122. The van der Waals surface area contributed by atoms with Gasteiger partial charge >= 0.3 is 0 Å². The van der Waals surface area contributed by atoms with Gasteiger partial charge in [0.25, 0.3) is 0 Å². The number of nitrogens with zero attached hydrogens (tertiary/aromatic N) is 3. The minimum atomic E-state index is 0.000654. The third-order valence-corrected chi connectivity index (χ3v) is 5.33. The number of hydrogen-bond donors (Lipinski definition) is 0. The first-order valence-corrected chi connectivity index (χ1v) is 8.20. The number of hydrogen-bond acceptors (Lipinski definition) is 4. The maximum absolute atomic E-state index is 12.2. The number of rotatable bonds is 4. The SMILES string of the molecule is CN(C)C(=O)CN1C(=O)CC2C1CCN2Cc1cccs1. The number of carbonyl (C=O) groups is 2. The minimum absolute atomic E-state index is 0.000654. The highest BCUT2D eigenvalue weighted by molar-refractivity contribution is 7.09. The largest absolute Gasteiger partial charge is 0.347 e. The zero-order valence-corrected chi connectivity index (χ0v) is 13.3. The van der Waals surface area contributed by atoms with E-state index in [-0.39, 0.29) is 30.4 Å². The Morgan fingerprint density at radius 2 is 2.24 bits per heavy atom. The molecule has 3 rings (SSSR count). The molecule has 0 saturated carbocycles. The summed E-state index contributed by atoms with van der Waals surface area (Å²) < 4.78 is 0. The maximum atomic E-state index is 12.2. The van der Waals surface area contributed by atoms with E-state index < -0.39 is 0 Å². The molecule has 2 aliphatic heterocycles. The molecule has 3 heterocycles. The van der Waals surface area contributed by atoms with Crippen molar-refractivity contribution < 1.29 is 9.59 Å². The molecule has 1 aromatic heterocycles. The highest BCUT2D eigenvalue weighted by Crippen LogP contribution is 2.33. The fourth-order valence-corrected chi connectivity index (χ4v) is 4.03. The molecule has 0 bridgehead atoms. The van der Waals surface area contributed by atoms with Crippen molar-refractivity contribution >= 4 is 23.2 Å². The molecule has 2 atom stereocenters. The second kappa shape index (κ2) is 5.77. The van der Waals surface area contributed by atoms with Gasteiger partial charge in [-0.3, -0.25) is 14.5 Å². The van der Waals surface area contributed by atoms with Gasteiger partial charge in [0.2, 0.25) is 11.8 Å². The van der Waals surface area contributed by atoms with Crippen LogP contribution in [0.25, 0.3) is 0 Å². The van der Waals surface area contributed by atoms with Gasteiger partial charge in [-0.1, -0.05) is 6.07 Å². The zero-order valence-electron chi connectivity index (χ0n) is 12.5. The maximum Gasteiger partial charge on any atom is 0.241 e. The molecule has 0 radical (unpaired) electrons. The third-order valence-electron chi connectivity index (χ3n) is 4.47. The van der Waals surface area contributed by atoms with Crippen molar-refractivity contribution in [2.24, 2.45) is 0 Å². The van der Waals surface area contributed by atoms with E-state index in [0.29, 0.717) is 6.42 Å². The van der Waals surface area contributed by atoms with Crippen molar-refractivity contribution in [1.29, 1.82) is 0 Å². The highest BCUT2D eigenvalue weighted by Gasteiger charge is 2.47. The van der Waals surface area contributed by atoms with Crippen LogP contribution in [-0.2, 0) is 16.1 Å². The second-order valence-electron chi connectivity index (χ2n) is 5.99. The lowest BCUT2D eigenvalue weighted by Crippen LogP contribution is -2.43. The van der Waals surface area contributed by atoms with E-state index in [1.165, 1.54) is 4.88 Å². The van der Waals surface area contributed by atoms with E-state index in [1.807, 2.05) is 0 Å². The normalized spacial score (nSPS) is 25.4. The smallest absolute Gasteiger partial charge is 0.241 e. The molecule has 0 spiro atoms. The van der Waals surface area contributed by atoms with Gasteiger partial charge in [0.1, 0.15) is 6.54 Å². The molecular weight excluding hydrogens is 286 g/mol. The molecule has 0 aromatic carbocycles. The Morgan fingerprint density at radius 1 is 1.43 bits per heavy atom. The predicted molar refractivity (Wildman–Crippen MR) is 81.9 cm³/mol. The highest BCUT2D eigenvalue weighted by atomic mass is 32.1. The number of likely N-dealkylation sites (tertiary alicyclic amines) is 2. The summed E-state index contributed by atoms with van der Waals surface area (Å²) in [4.78, 5) is 31.2. The average Bonchev–Trinajstić information content (AvgIpc) is 3.12. The molecule has 0 aliphatic carbocycles. The monoisotopic (exact) mass is 307 g/mol. The summed E-state index contributed by atoms with van der Waals surface area (Å²) in [7, 11) is 3.47. The van der Waals surface area contributed by atoms with Gasteiger partial charge < -0.3 is 9.80 Å². The third kappa shape index (κ3) is 2.82. The van der Waals surface area contributed by atoms with Gasteiger partial charge in [0, 0.05) is 50.6 Å². The molecule has 0 N–H and O–H groups in total. The second-order valence-corrected chi connectivity index (χ2v) is 7.02. The summed E-state index contributed by atoms with van der Waals surface area (Å²) in [6.45, 7) is 2.15. The lowest BCUT2D eigenvalue weighted by atomic mass is 10.1. The zero-order chi connectivity index (χ0) is 15.0. The van der Waals surface area contributed by atoms with Crippen LogP contribution in [0.5, 0.6) is 0 Å². The number of fused-ring (bicyclic) bond motifs is 1. The van der Waals surface area contributed by atoms with Gasteiger partial charge in [0.15, 0.2) is 0 Å². The van der Waals surface area contributed by atoms with Crippen LogP contribution in [0.3, 0.4) is 0 Å². The van der Waals surface area contributed by atoms with E-state index in [1.54, 1.807) is 35.2 Å². The molecular formula is C15H21N3O2S. The van der Waals surface area contributed by atoms with Crippen LogP contribution in [0.2, 0.25) is 0 Å². The Labute approximate surface area is 129 Å². The number of thiophene rings is 1. The summed E-state index contributed by atoms with van der Waals surface area (Å²) in [5, 5.41) is 2.09. The molecule has 2 unspecified atom stereocenters. The van der Waals surface area contributed by atoms with Crippen molar-refractivity contribution in [3.8, 4) is 0 Å². The molecule has 1 aromatic rings. The standard InChI is InChI=1S/C15H21N3O2S/c1-16(2)15(20)10-18-12-5-6-17(13(12)8-14(18)19)9-11-4-3-7-21-11/h3-4,7,12-13H,5-6,8-10H2,1-2H3. The topological polar surface area (TPSA) is 43.9 Å². The Balaban J connectivity index is 1.67. The van der Waals surface area contributed by atoms with Crippen LogP contribution < -0.4 is 0 Å². The summed E-state index contributed by atoms with van der Waals surface area (Å²) in [6.07, 6.45) is 1.53. The first-order chi connectivity index (χ1) is 10.1. The van der Waals surface area contributed by atoms with E-state index in [0.717, 1.165) is 19.5 Å². The van der Waals surface area contributed by atoms with Crippen molar-refractivity contribution in [2.45, 2.75) is 31.5 Å². The van der Waals surface area contributed by atoms with Crippen LogP contribution in [-0.4, -0.2) is 65.8 Å². The van der Waals surface area contributed by atoms with E-state index >= 15 is 0 Å². The Hall–Kier alpha value is -1.40. The molecule has 6 heteroatoms. The van der Waals surface area contributed by atoms with Gasteiger partial charge in [-0.05, 0) is 17.9 Å². The van der Waals surface area contributed by atoms with Crippen molar-refractivity contribution in [3.63, 3.8) is 0 Å². The van der Waals surface area contributed by atoms with Gasteiger partial charge in [-0.25, -0.2) is 0 Å². The summed E-state index contributed by atoms with van der Waals surface area (Å²) in [5.41, 5.74) is 0. The van der Waals surface area contributed by atoms with Gasteiger partial charge in [-0.2, -0.15) is 0 Å². The molecule has 114 valence electrons. The van der Waals surface area contributed by atoms with Crippen LogP contribution in [0.4, 0.5) is 0 Å². The van der Waals surface area contributed by atoms with E-state index in [9.17, 15) is 9.59 Å². The van der Waals surface area contributed by atoms with Gasteiger partial charge in [0.05, 0.1) is 0 Å². The Morgan fingerprint density at radius 3 is 2.90 bits per heavy atom. The minimum Gasteiger partial charge on any atom is -0.347 e. The molecule has 5 nitrogen and oxygen atoms in total. The molecule has 2 fully saturated rings. The molecule has 2 amide bonds. The summed E-state index contributed by atoms with van der Waals surface area (Å²) in [6, 6.07) is 4.69. The average molecular weight is 307 g/mol. The Kier molecular flexibility index (Phi) is 3.99. The number of amides is 2. The van der Waals surface area contributed by atoms with Crippen LogP contribution in [0, 0.1) is 0 Å². The fraction of sp³-hybridized carbons (Fsp3) is 0.600. The van der Waals surface area contributed by atoms with E-state index in [2.05, 4.69) is 22.4 Å². The number of likely N-dealkylation sites (N-methyl/N-ethyl adjacent to an activating group) is 1. The Bertz CT molecular complexity index is 529. The fourth-order valence-electron chi connectivity index (χ4n) is 3.30. The molecule has 2 aliphatic rings. The lowest BCUT2D eigenvalue weighted by molar-refractivity contribution is -0.138. The van der Waals surface area contributed by atoms with Crippen LogP contribution >= 0.6 is 11.3 Å². The van der Waals surface area contributed by atoms with Crippen LogP contribution in [0.1, 0.15) is 17.7 Å². The molecule has 21 heavy (non-hydrogen) atoms. The van der Waals surface area contributed by atoms with Crippen molar-refractivity contribution in [3.05, 3.63) is 22.4 Å². The molecule has 2 saturated heterocycles. The predicted octanol–water partition coefficient (Wildman–Crippen LogP) is 1.01. The lowest BCUT2D eigenvalue weighted by Gasteiger charge is -2.25.